The molecule has 1 saturated heterocycles. The summed E-state index contributed by atoms with van der Waals surface area (Å²) in [6, 6.07) is 6.71. The van der Waals surface area contributed by atoms with Gasteiger partial charge in [0, 0.05) is 17.1 Å². The first-order valence-corrected chi connectivity index (χ1v) is 6.24. The van der Waals surface area contributed by atoms with Gasteiger partial charge < -0.3 is 14.4 Å². The van der Waals surface area contributed by atoms with E-state index in [1.807, 2.05) is 0 Å². The number of benzene rings is 1. The smallest absolute Gasteiger partial charge is 0.336 e. The number of morpholine rings is 1. The molecule has 19 heavy (non-hydrogen) atoms. The molecular formula is C13H14ClNO4. The van der Waals surface area contributed by atoms with Gasteiger partial charge in [-0.05, 0) is 18.2 Å². The third-order valence-corrected chi connectivity index (χ3v) is 3.12. The summed E-state index contributed by atoms with van der Waals surface area (Å²) in [5.41, 5.74) is 0.498. The lowest BCUT2D eigenvalue weighted by atomic mass is 10.1. The molecule has 0 bridgehead atoms. The third kappa shape index (κ3) is 3.24. The van der Waals surface area contributed by atoms with Crippen LogP contribution in [0.3, 0.4) is 0 Å². The standard InChI is InChI=1S/C13H14ClNO4/c1-18-13(17)11-8-15(5-6-19-11)12(16)9-3-2-4-10(14)7-9/h2-4,7,11H,5-6,8H2,1H3. The minimum Gasteiger partial charge on any atom is -0.467 e. The highest BCUT2D eigenvalue weighted by Crippen LogP contribution is 2.15. The van der Waals surface area contributed by atoms with E-state index in [-0.39, 0.29) is 12.5 Å². The summed E-state index contributed by atoms with van der Waals surface area (Å²) in [5, 5.41) is 0.503. The fourth-order valence-electron chi connectivity index (χ4n) is 1.91. The van der Waals surface area contributed by atoms with Crippen LogP contribution >= 0.6 is 11.6 Å². The van der Waals surface area contributed by atoms with Gasteiger partial charge >= 0.3 is 5.97 Å². The minimum absolute atomic E-state index is 0.167. The van der Waals surface area contributed by atoms with E-state index < -0.39 is 12.1 Å². The van der Waals surface area contributed by atoms with Crippen LogP contribution in [-0.4, -0.2) is 49.7 Å². The van der Waals surface area contributed by atoms with E-state index in [9.17, 15) is 9.59 Å². The number of methoxy groups -OCH3 is 1. The van der Waals surface area contributed by atoms with E-state index in [1.54, 1.807) is 29.2 Å². The van der Waals surface area contributed by atoms with Crippen molar-refractivity contribution in [3.63, 3.8) is 0 Å². The van der Waals surface area contributed by atoms with E-state index in [0.29, 0.717) is 23.7 Å². The van der Waals surface area contributed by atoms with Gasteiger partial charge in [0.2, 0.25) is 0 Å². The summed E-state index contributed by atoms with van der Waals surface area (Å²) < 4.78 is 9.90. The quantitative estimate of drug-likeness (QED) is 0.769. The highest BCUT2D eigenvalue weighted by molar-refractivity contribution is 6.30. The maximum Gasteiger partial charge on any atom is 0.336 e. The predicted octanol–water partition coefficient (Wildman–Crippen LogP) is 1.35. The monoisotopic (exact) mass is 283 g/mol. The van der Waals surface area contributed by atoms with Gasteiger partial charge in [0.25, 0.3) is 5.91 Å². The third-order valence-electron chi connectivity index (χ3n) is 2.89. The zero-order valence-electron chi connectivity index (χ0n) is 10.5. The first kappa shape index (κ1) is 13.8. The SMILES string of the molecule is COC(=O)C1CN(C(=O)c2cccc(Cl)c2)CCO1. The first-order valence-electron chi connectivity index (χ1n) is 5.86. The molecule has 6 heteroatoms. The number of carbonyl (C=O) groups excluding carboxylic acids is 2. The fraction of sp³-hybridized carbons (Fsp3) is 0.385. The Labute approximate surface area is 116 Å². The van der Waals surface area contributed by atoms with Crippen molar-refractivity contribution in [2.45, 2.75) is 6.10 Å². The lowest BCUT2D eigenvalue weighted by Crippen LogP contribution is -2.48. The van der Waals surface area contributed by atoms with E-state index >= 15 is 0 Å². The molecule has 1 fully saturated rings. The van der Waals surface area contributed by atoms with Gasteiger partial charge in [-0.2, -0.15) is 0 Å². The predicted molar refractivity (Wildman–Crippen MR) is 69.1 cm³/mol. The minimum atomic E-state index is -0.720. The highest BCUT2D eigenvalue weighted by atomic mass is 35.5. The molecule has 102 valence electrons. The van der Waals surface area contributed by atoms with Gasteiger partial charge in [-0.15, -0.1) is 0 Å². The number of hydrogen-bond donors (Lipinski definition) is 0. The van der Waals surface area contributed by atoms with Crippen molar-refractivity contribution < 1.29 is 19.1 Å². The van der Waals surface area contributed by atoms with Crippen LogP contribution in [0.1, 0.15) is 10.4 Å². The van der Waals surface area contributed by atoms with E-state index in [1.165, 1.54) is 7.11 Å². The Morgan fingerprint density at radius 3 is 2.95 bits per heavy atom. The Bertz CT molecular complexity index is 491. The van der Waals surface area contributed by atoms with Gasteiger partial charge in [-0.25, -0.2) is 4.79 Å². The Morgan fingerprint density at radius 1 is 1.47 bits per heavy atom. The summed E-state index contributed by atoms with van der Waals surface area (Å²) in [4.78, 5) is 25.3. The molecular weight excluding hydrogens is 270 g/mol. The van der Waals surface area contributed by atoms with Crippen molar-refractivity contribution in [3.05, 3.63) is 34.9 Å². The molecule has 1 aromatic carbocycles. The summed E-state index contributed by atoms with van der Waals surface area (Å²) in [5.74, 6) is -0.636. The van der Waals surface area contributed by atoms with Crippen LogP contribution in [0.25, 0.3) is 0 Å². The second-order valence-electron chi connectivity index (χ2n) is 4.14. The number of nitrogens with zero attached hydrogens (tertiary/aromatic N) is 1. The Kier molecular flexibility index (Phi) is 4.39. The van der Waals surface area contributed by atoms with Crippen LogP contribution in [0.5, 0.6) is 0 Å². The lowest BCUT2D eigenvalue weighted by Gasteiger charge is -2.31. The Hall–Kier alpha value is -1.59. The summed E-state index contributed by atoms with van der Waals surface area (Å²) >= 11 is 5.86. The maximum atomic E-state index is 12.3. The van der Waals surface area contributed by atoms with E-state index in [2.05, 4.69) is 4.74 Å². The summed E-state index contributed by atoms with van der Waals surface area (Å²) in [7, 11) is 1.30. The summed E-state index contributed by atoms with van der Waals surface area (Å²) in [6.07, 6.45) is -0.720. The average Bonchev–Trinajstić information content (AvgIpc) is 2.45. The van der Waals surface area contributed by atoms with Gasteiger partial charge in [-0.3, -0.25) is 4.79 Å². The second kappa shape index (κ2) is 6.04. The molecule has 0 aliphatic carbocycles. The van der Waals surface area contributed by atoms with Crippen LogP contribution in [0.15, 0.2) is 24.3 Å². The van der Waals surface area contributed by atoms with Crippen molar-refractivity contribution in [1.82, 2.24) is 4.90 Å². The molecule has 2 rings (SSSR count). The molecule has 0 spiro atoms. The topological polar surface area (TPSA) is 55.8 Å². The average molecular weight is 284 g/mol. The molecule has 1 aromatic rings. The number of hydrogen-bond acceptors (Lipinski definition) is 4. The zero-order valence-corrected chi connectivity index (χ0v) is 11.2. The number of esters is 1. The molecule has 5 nitrogen and oxygen atoms in total. The van der Waals surface area contributed by atoms with Crippen molar-refractivity contribution >= 4 is 23.5 Å². The van der Waals surface area contributed by atoms with Crippen LogP contribution < -0.4 is 0 Å². The number of amides is 1. The van der Waals surface area contributed by atoms with E-state index in [4.69, 9.17) is 16.3 Å². The van der Waals surface area contributed by atoms with Crippen molar-refractivity contribution in [2.24, 2.45) is 0 Å². The molecule has 1 aliphatic heterocycles. The fourth-order valence-corrected chi connectivity index (χ4v) is 2.10. The molecule has 1 amide bonds. The first-order chi connectivity index (χ1) is 9.11. The molecule has 1 heterocycles. The van der Waals surface area contributed by atoms with Crippen molar-refractivity contribution in [2.75, 3.05) is 26.8 Å². The van der Waals surface area contributed by atoms with E-state index in [0.717, 1.165) is 0 Å². The largest absolute Gasteiger partial charge is 0.467 e. The van der Waals surface area contributed by atoms with Crippen molar-refractivity contribution in [1.29, 1.82) is 0 Å². The number of ether oxygens (including phenoxy) is 2. The zero-order chi connectivity index (χ0) is 13.8. The molecule has 0 aromatic heterocycles. The maximum absolute atomic E-state index is 12.3. The lowest BCUT2D eigenvalue weighted by molar-refractivity contribution is -0.158. The number of carbonyl (C=O) groups is 2. The Balaban J connectivity index is 2.09. The molecule has 0 radical (unpaired) electrons. The molecule has 0 saturated carbocycles. The second-order valence-corrected chi connectivity index (χ2v) is 4.58. The van der Waals surface area contributed by atoms with Gasteiger partial charge in [0.1, 0.15) is 0 Å². The van der Waals surface area contributed by atoms with Gasteiger partial charge in [-0.1, -0.05) is 17.7 Å². The Morgan fingerprint density at radius 2 is 2.26 bits per heavy atom. The molecule has 0 N–H and O–H groups in total. The molecule has 1 atom stereocenters. The van der Waals surface area contributed by atoms with Gasteiger partial charge in [0.05, 0.1) is 20.3 Å². The normalized spacial score (nSPS) is 19.1. The number of halogens is 1. The van der Waals surface area contributed by atoms with Gasteiger partial charge in [0.15, 0.2) is 6.10 Å². The molecule has 1 unspecified atom stereocenters. The molecule has 1 aliphatic rings. The highest BCUT2D eigenvalue weighted by Gasteiger charge is 2.30. The van der Waals surface area contributed by atoms with Crippen molar-refractivity contribution in [3.8, 4) is 0 Å². The van der Waals surface area contributed by atoms with Crippen LogP contribution in [0.4, 0.5) is 0 Å². The van der Waals surface area contributed by atoms with Crippen LogP contribution in [0.2, 0.25) is 5.02 Å². The number of rotatable bonds is 2. The van der Waals surface area contributed by atoms with Crippen LogP contribution in [-0.2, 0) is 14.3 Å². The summed E-state index contributed by atoms with van der Waals surface area (Å²) in [6.45, 7) is 0.947. The van der Waals surface area contributed by atoms with Crippen LogP contribution in [0, 0.1) is 0 Å².